The predicted molar refractivity (Wildman–Crippen MR) is 61.8 cm³/mol. The Kier molecular flexibility index (Phi) is 1.68. The van der Waals surface area contributed by atoms with Gasteiger partial charge in [0.25, 0.3) is 0 Å². The van der Waals surface area contributed by atoms with Crippen LogP contribution in [0.4, 0.5) is 0 Å². The summed E-state index contributed by atoms with van der Waals surface area (Å²) in [6.07, 6.45) is 0. The molecule has 0 radical (unpaired) electrons. The van der Waals surface area contributed by atoms with Crippen LogP contribution < -0.4 is 0 Å². The first-order chi connectivity index (χ1) is 7.36. The van der Waals surface area contributed by atoms with E-state index in [1.165, 1.54) is 16.3 Å². The molecule has 15 heavy (non-hydrogen) atoms. The highest BCUT2D eigenvalue weighted by Gasteiger charge is 2.03. The molecule has 0 spiro atoms. The number of aryl methyl sites for hydroxylation is 1. The van der Waals surface area contributed by atoms with Crippen molar-refractivity contribution < 1.29 is 0 Å². The normalized spacial score (nSPS) is 11.0. The number of fused-ring (bicyclic) bond motifs is 3. The van der Waals surface area contributed by atoms with E-state index < -0.39 is 0 Å². The van der Waals surface area contributed by atoms with Crippen molar-refractivity contribution >= 4 is 21.8 Å². The zero-order valence-corrected chi connectivity index (χ0v) is 8.44. The molecule has 1 aromatic heterocycles. The lowest BCUT2D eigenvalue weighted by molar-refractivity contribution is 1.11. The Morgan fingerprint density at radius 1 is 0.800 bits per heavy atom. The first kappa shape index (κ1) is 8.36. The number of benzene rings is 2. The summed E-state index contributed by atoms with van der Waals surface area (Å²) in [4.78, 5) is 0. The van der Waals surface area contributed by atoms with E-state index in [4.69, 9.17) is 0 Å². The molecule has 72 valence electrons. The third-order valence-corrected chi connectivity index (χ3v) is 2.69. The highest BCUT2D eigenvalue weighted by molar-refractivity contribution is 6.04. The zero-order chi connectivity index (χ0) is 10.3. The summed E-state index contributed by atoms with van der Waals surface area (Å²) in [6.45, 7) is 2.06. The van der Waals surface area contributed by atoms with Gasteiger partial charge in [0.2, 0.25) is 0 Å². The number of hydrogen-bond acceptors (Lipinski definition) is 2. The Morgan fingerprint density at radius 2 is 1.60 bits per heavy atom. The van der Waals surface area contributed by atoms with Crippen molar-refractivity contribution in [1.82, 2.24) is 10.2 Å². The molecule has 0 fully saturated rings. The maximum atomic E-state index is 4.26. The van der Waals surface area contributed by atoms with Crippen molar-refractivity contribution in [2.75, 3.05) is 0 Å². The van der Waals surface area contributed by atoms with Gasteiger partial charge in [-0.3, -0.25) is 0 Å². The van der Waals surface area contributed by atoms with Gasteiger partial charge in [-0.05, 0) is 18.6 Å². The molecule has 0 aliphatic carbocycles. The van der Waals surface area contributed by atoms with E-state index in [1.807, 2.05) is 18.2 Å². The van der Waals surface area contributed by atoms with E-state index in [2.05, 4.69) is 41.4 Å². The SMILES string of the molecule is Cc1cccc2c1nnc1ccccc12. The predicted octanol–water partition coefficient (Wildman–Crippen LogP) is 3.09. The fraction of sp³-hybridized carbons (Fsp3) is 0.0769. The number of rotatable bonds is 0. The van der Waals surface area contributed by atoms with Crippen molar-refractivity contribution in [3.8, 4) is 0 Å². The third kappa shape index (κ3) is 1.18. The van der Waals surface area contributed by atoms with Gasteiger partial charge in [0, 0.05) is 10.8 Å². The van der Waals surface area contributed by atoms with Gasteiger partial charge >= 0.3 is 0 Å². The van der Waals surface area contributed by atoms with E-state index in [-0.39, 0.29) is 0 Å². The molecule has 1 heterocycles. The molecule has 0 N–H and O–H groups in total. The molecule has 2 nitrogen and oxygen atoms in total. The third-order valence-electron chi connectivity index (χ3n) is 2.69. The molecule has 2 aromatic carbocycles. The topological polar surface area (TPSA) is 25.8 Å². The first-order valence-electron chi connectivity index (χ1n) is 4.97. The number of hydrogen-bond donors (Lipinski definition) is 0. The second-order valence-electron chi connectivity index (χ2n) is 3.69. The van der Waals surface area contributed by atoms with Crippen LogP contribution in [0, 0.1) is 6.92 Å². The lowest BCUT2D eigenvalue weighted by Crippen LogP contribution is -1.89. The smallest absolute Gasteiger partial charge is 0.0965 e. The number of aromatic nitrogens is 2. The molecular formula is C13H10N2. The molecule has 0 unspecified atom stereocenters. The standard InChI is InChI=1S/C13H10N2/c1-9-5-4-7-11-10-6-2-3-8-12(10)14-15-13(9)11/h2-8H,1H3. The highest BCUT2D eigenvalue weighted by Crippen LogP contribution is 2.23. The average molecular weight is 194 g/mol. The van der Waals surface area contributed by atoms with Crippen LogP contribution in [0.3, 0.4) is 0 Å². The van der Waals surface area contributed by atoms with E-state index in [1.54, 1.807) is 0 Å². The lowest BCUT2D eigenvalue weighted by atomic mass is 10.1. The maximum Gasteiger partial charge on any atom is 0.0965 e. The summed E-state index contributed by atoms with van der Waals surface area (Å²) >= 11 is 0. The van der Waals surface area contributed by atoms with Gasteiger partial charge in [0.05, 0.1) is 11.0 Å². The Labute approximate surface area is 87.6 Å². The average Bonchev–Trinajstić information content (AvgIpc) is 2.29. The van der Waals surface area contributed by atoms with Crippen molar-refractivity contribution in [2.24, 2.45) is 0 Å². The molecule has 2 heteroatoms. The molecular weight excluding hydrogens is 184 g/mol. The fourth-order valence-corrected chi connectivity index (χ4v) is 1.90. The molecule has 0 aliphatic heterocycles. The minimum absolute atomic E-state index is 0.954. The minimum Gasteiger partial charge on any atom is -0.150 e. The summed E-state index contributed by atoms with van der Waals surface area (Å²) in [5.74, 6) is 0. The van der Waals surface area contributed by atoms with E-state index in [9.17, 15) is 0 Å². The molecule has 0 atom stereocenters. The van der Waals surface area contributed by atoms with Gasteiger partial charge in [-0.1, -0.05) is 36.4 Å². The van der Waals surface area contributed by atoms with Crippen molar-refractivity contribution in [3.63, 3.8) is 0 Å². The second kappa shape index (κ2) is 3.02. The van der Waals surface area contributed by atoms with Gasteiger partial charge in [-0.15, -0.1) is 10.2 Å². The molecule has 0 bridgehead atoms. The molecule has 0 aliphatic rings. The van der Waals surface area contributed by atoms with Crippen LogP contribution in [0.5, 0.6) is 0 Å². The van der Waals surface area contributed by atoms with Crippen molar-refractivity contribution in [1.29, 1.82) is 0 Å². The second-order valence-corrected chi connectivity index (χ2v) is 3.69. The molecule has 3 aromatic rings. The highest BCUT2D eigenvalue weighted by atomic mass is 15.1. The fourth-order valence-electron chi connectivity index (χ4n) is 1.90. The molecule has 0 saturated carbocycles. The van der Waals surface area contributed by atoms with E-state index >= 15 is 0 Å². The van der Waals surface area contributed by atoms with Crippen molar-refractivity contribution in [3.05, 3.63) is 48.0 Å². The lowest BCUT2D eigenvalue weighted by Gasteiger charge is -2.03. The molecule has 0 saturated heterocycles. The summed E-state index contributed by atoms with van der Waals surface area (Å²) in [5, 5.41) is 10.8. The summed E-state index contributed by atoms with van der Waals surface area (Å²) in [6, 6.07) is 14.3. The van der Waals surface area contributed by atoms with Crippen LogP contribution in [-0.4, -0.2) is 10.2 Å². The Balaban J connectivity index is 2.60. The maximum absolute atomic E-state index is 4.26. The summed E-state index contributed by atoms with van der Waals surface area (Å²) in [5.41, 5.74) is 3.12. The van der Waals surface area contributed by atoms with Crippen LogP contribution in [0.25, 0.3) is 21.8 Å². The van der Waals surface area contributed by atoms with E-state index in [0.717, 1.165) is 11.0 Å². The Morgan fingerprint density at radius 3 is 2.53 bits per heavy atom. The van der Waals surface area contributed by atoms with Crippen molar-refractivity contribution in [2.45, 2.75) is 6.92 Å². The van der Waals surface area contributed by atoms with Crippen LogP contribution in [-0.2, 0) is 0 Å². The van der Waals surface area contributed by atoms with Crippen LogP contribution >= 0.6 is 0 Å². The largest absolute Gasteiger partial charge is 0.150 e. The zero-order valence-electron chi connectivity index (χ0n) is 8.44. The van der Waals surface area contributed by atoms with Gasteiger partial charge in [-0.25, -0.2) is 0 Å². The summed E-state index contributed by atoms with van der Waals surface area (Å²) < 4.78 is 0. The quantitative estimate of drug-likeness (QED) is 0.514. The number of nitrogens with zero attached hydrogens (tertiary/aromatic N) is 2. The van der Waals surface area contributed by atoms with Gasteiger partial charge in [0.15, 0.2) is 0 Å². The monoisotopic (exact) mass is 194 g/mol. The van der Waals surface area contributed by atoms with E-state index in [0.29, 0.717) is 0 Å². The Bertz CT molecular complexity index is 644. The minimum atomic E-state index is 0.954. The van der Waals surface area contributed by atoms with Gasteiger partial charge < -0.3 is 0 Å². The van der Waals surface area contributed by atoms with Gasteiger partial charge in [-0.2, -0.15) is 0 Å². The Hall–Kier alpha value is -1.96. The van der Waals surface area contributed by atoms with Gasteiger partial charge in [0.1, 0.15) is 0 Å². The van der Waals surface area contributed by atoms with Crippen LogP contribution in [0.2, 0.25) is 0 Å². The first-order valence-corrected chi connectivity index (χ1v) is 4.97. The van der Waals surface area contributed by atoms with Crippen LogP contribution in [0.1, 0.15) is 5.56 Å². The molecule has 3 rings (SSSR count). The van der Waals surface area contributed by atoms with Crippen LogP contribution in [0.15, 0.2) is 42.5 Å². The summed E-state index contributed by atoms with van der Waals surface area (Å²) in [7, 11) is 0. The molecule has 0 amide bonds.